The standard InChI is InChI=1S/C10H13ClN2O2/c1-7-9(3-4-10(11)13-7)15-6-8(14)5-12-2/h3-4,12H,5-6H2,1-2H3. The Labute approximate surface area is 93.6 Å². The zero-order valence-electron chi connectivity index (χ0n) is 8.71. The van der Waals surface area contributed by atoms with Crippen LogP contribution in [0, 0.1) is 6.92 Å². The van der Waals surface area contributed by atoms with Crippen LogP contribution in [0.3, 0.4) is 0 Å². The molecule has 0 amide bonds. The fourth-order valence-electron chi connectivity index (χ4n) is 1.08. The summed E-state index contributed by atoms with van der Waals surface area (Å²) in [6, 6.07) is 3.34. The SMILES string of the molecule is CNCC(=O)COc1ccc(Cl)nc1C. The zero-order valence-corrected chi connectivity index (χ0v) is 9.47. The van der Waals surface area contributed by atoms with E-state index in [1.165, 1.54) is 0 Å². The van der Waals surface area contributed by atoms with Gasteiger partial charge in [-0.1, -0.05) is 11.6 Å². The number of likely N-dealkylation sites (N-methyl/N-ethyl adjacent to an activating group) is 1. The van der Waals surface area contributed by atoms with E-state index in [9.17, 15) is 4.79 Å². The minimum absolute atomic E-state index is 0.00755. The van der Waals surface area contributed by atoms with Gasteiger partial charge < -0.3 is 10.1 Å². The first-order valence-electron chi connectivity index (χ1n) is 4.55. The van der Waals surface area contributed by atoms with Crippen LogP contribution in [0.5, 0.6) is 5.75 Å². The van der Waals surface area contributed by atoms with Crippen LogP contribution in [0.25, 0.3) is 0 Å². The molecule has 15 heavy (non-hydrogen) atoms. The van der Waals surface area contributed by atoms with Crippen molar-refractivity contribution in [2.24, 2.45) is 0 Å². The van der Waals surface area contributed by atoms with Crippen LogP contribution < -0.4 is 10.1 Å². The highest BCUT2D eigenvalue weighted by Crippen LogP contribution is 2.17. The summed E-state index contributed by atoms with van der Waals surface area (Å²) in [4.78, 5) is 15.2. The van der Waals surface area contributed by atoms with E-state index in [1.54, 1.807) is 26.1 Å². The van der Waals surface area contributed by atoms with Crippen molar-refractivity contribution in [3.8, 4) is 5.75 Å². The molecule has 0 saturated heterocycles. The smallest absolute Gasteiger partial charge is 0.183 e. The van der Waals surface area contributed by atoms with Gasteiger partial charge in [0.05, 0.1) is 12.2 Å². The third-order valence-corrected chi connectivity index (χ3v) is 1.98. The Morgan fingerprint density at radius 2 is 2.33 bits per heavy atom. The number of carbonyl (C=O) groups excluding carboxylic acids is 1. The van der Waals surface area contributed by atoms with Crippen molar-refractivity contribution in [1.82, 2.24) is 10.3 Å². The third-order valence-electron chi connectivity index (χ3n) is 1.77. The third kappa shape index (κ3) is 3.85. The lowest BCUT2D eigenvalue weighted by Crippen LogP contribution is -2.24. The number of ether oxygens (including phenoxy) is 1. The van der Waals surface area contributed by atoms with Crippen molar-refractivity contribution in [3.63, 3.8) is 0 Å². The van der Waals surface area contributed by atoms with Crippen LogP contribution >= 0.6 is 11.6 Å². The molecule has 1 aromatic rings. The largest absolute Gasteiger partial charge is 0.484 e. The number of Topliss-reactive ketones (excluding diaryl/α,β-unsaturated/α-hetero) is 1. The number of nitrogens with one attached hydrogen (secondary N) is 1. The summed E-state index contributed by atoms with van der Waals surface area (Å²) < 4.78 is 5.30. The average Bonchev–Trinajstić information content (AvgIpc) is 2.17. The summed E-state index contributed by atoms with van der Waals surface area (Å²) in [7, 11) is 1.72. The molecule has 0 unspecified atom stereocenters. The number of aromatic nitrogens is 1. The van der Waals surface area contributed by atoms with Gasteiger partial charge in [-0.2, -0.15) is 0 Å². The van der Waals surface area contributed by atoms with Crippen molar-refractivity contribution in [2.75, 3.05) is 20.2 Å². The quantitative estimate of drug-likeness (QED) is 0.770. The number of hydrogen-bond acceptors (Lipinski definition) is 4. The Morgan fingerprint density at radius 3 is 2.93 bits per heavy atom. The van der Waals surface area contributed by atoms with Gasteiger partial charge in [0.2, 0.25) is 0 Å². The lowest BCUT2D eigenvalue weighted by molar-refractivity contribution is -0.120. The Kier molecular flexibility index (Phi) is 4.52. The van der Waals surface area contributed by atoms with Gasteiger partial charge in [0.1, 0.15) is 17.5 Å². The molecular formula is C10H13ClN2O2. The number of carbonyl (C=O) groups is 1. The Bertz CT molecular complexity index is 355. The molecule has 0 aliphatic heterocycles. The van der Waals surface area contributed by atoms with Crippen molar-refractivity contribution < 1.29 is 9.53 Å². The number of halogens is 1. The maximum Gasteiger partial charge on any atom is 0.183 e. The first kappa shape index (κ1) is 11.9. The highest BCUT2D eigenvalue weighted by molar-refractivity contribution is 6.29. The molecule has 0 fully saturated rings. The highest BCUT2D eigenvalue weighted by atomic mass is 35.5. The monoisotopic (exact) mass is 228 g/mol. The predicted octanol–water partition coefficient (Wildman–Crippen LogP) is 1.21. The molecule has 0 aliphatic rings. The maximum atomic E-state index is 11.2. The molecule has 1 heterocycles. The lowest BCUT2D eigenvalue weighted by atomic mass is 10.3. The van der Waals surface area contributed by atoms with E-state index in [0.29, 0.717) is 23.1 Å². The molecule has 1 rings (SSSR count). The summed E-state index contributed by atoms with van der Waals surface area (Å²) in [6.07, 6.45) is 0. The molecule has 0 atom stereocenters. The van der Waals surface area contributed by atoms with Gasteiger partial charge in [0.15, 0.2) is 5.78 Å². The van der Waals surface area contributed by atoms with E-state index in [2.05, 4.69) is 10.3 Å². The number of ketones is 1. The van der Waals surface area contributed by atoms with Crippen molar-refractivity contribution in [3.05, 3.63) is 23.0 Å². The molecular weight excluding hydrogens is 216 g/mol. The van der Waals surface area contributed by atoms with Gasteiger partial charge >= 0.3 is 0 Å². The van der Waals surface area contributed by atoms with Gasteiger partial charge in [0, 0.05) is 0 Å². The molecule has 1 N–H and O–H groups in total. The van der Waals surface area contributed by atoms with E-state index in [1.807, 2.05) is 0 Å². The zero-order chi connectivity index (χ0) is 11.3. The minimum atomic E-state index is -0.00755. The van der Waals surface area contributed by atoms with Crippen LogP contribution in [0.1, 0.15) is 5.69 Å². The molecule has 0 bridgehead atoms. The topological polar surface area (TPSA) is 51.2 Å². The van der Waals surface area contributed by atoms with E-state index < -0.39 is 0 Å². The molecule has 82 valence electrons. The summed E-state index contributed by atoms with van der Waals surface area (Å²) in [6.45, 7) is 2.13. The Hall–Kier alpha value is -1.13. The second kappa shape index (κ2) is 5.68. The number of pyridine rings is 1. The van der Waals surface area contributed by atoms with Crippen LogP contribution in [0.4, 0.5) is 0 Å². The number of hydrogen-bond donors (Lipinski definition) is 1. The second-order valence-electron chi connectivity index (χ2n) is 3.08. The van der Waals surface area contributed by atoms with E-state index in [0.717, 1.165) is 0 Å². The lowest BCUT2D eigenvalue weighted by Gasteiger charge is -2.07. The summed E-state index contributed by atoms with van der Waals surface area (Å²) in [5.74, 6) is 0.579. The van der Waals surface area contributed by atoms with Crippen LogP contribution in [-0.4, -0.2) is 31.0 Å². The summed E-state index contributed by atoms with van der Waals surface area (Å²) >= 11 is 5.69. The first-order valence-corrected chi connectivity index (χ1v) is 4.93. The molecule has 0 aliphatic carbocycles. The van der Waals surface area contributed by atoms with Crippen LogP contribution in [-0.2, 0) is 4.79 Å². The maximum absolute atomic E-state index is 11.2. The van der Waals surface area contributed by atoms with Gasteiger partial charge in [-0.25, -0.2) is 4.98 Å². The number of rotatable bonds is 5. The molecule has 4 nitrogen and oxygen atoms in total. The summed E-state index contributed by atoms with van der Waals surface area (Å²) in [5, 5.41) is 3.18. The molecule has 0 spiro atoms. The van der Waals surface area contributed by atoms with E-state index >= 15 is 0 Å². The van der Waals surface area contributed by atoms with Crippen LogP contribution in [0.2, 0.25) is 5.15 Å². The Balaban J connectivity index is 2.54. The van der Waals surface area contributed by atoms with Gasteiger partial charge in [-0.3, -0.25) is 4.79 Å². The van der Waals surface area contributed by atoms with Crippen molar-refractivity contribution in [2.45, 2.75) is 6.92 Å². The minimum Gasteiger partial charge on any atom is -0.484 e. The molecule has 5 heteroatoms. The molecule has 0 saturated carbocycles. The number of aryl methyl sites for hydroxylation is 1. The van der Waals surface area contributed by atoms with Crippen molar-refractivity contribution in [1.29, 1.82) is 0 Å². The second-order valence-corrected chi connectivity index (χ2v) is 3.46. The fourth-order valence-corrected chi connectivity index (χ4v) is 1.27. The highest BCUT2D eigenvalue weighted by Gasteiger charge is 2.05. The van der Waals surface area contributed by atoms with Gasteiger partial charge in [-0.05, 0) is 26.1 Å². The van der Waals surface area contributed by atoms with Gasteiger partial charge in [0.25, 0.3) is 0 Å². The molecule has 0 radical (unpaired) electrons. The Morgan fingerprint density at radius 1 is 1.60 bits per heavy atom. The predicted molar refractivity (Wildman–Crippen MR) is 58.4 cm³/mol. The van der Waals surface area contributed by atoms with Crippen LogP contribution in [0.15, 0.2) is 12.1 Å². The number of nitrogens with zero attached hydrogens (tertiary/aromatic N) is 1. The first-order chi connectivity index (χ1) is 7.13. The average molecular weight is 229 g/mol. The fraction of sp³-hybridized carbons (Fsp3) is 0.400. The van der Waals surface area contributed by atoms with E-state index in [-0.39, 0.29) is 12.4 Å². The normalized spacial score (nSPS) is 10.1. The molecule has 0 aromatic carbocycles. The summed E-state index contributed by atoms with van der Waals surface area (Å²) in [5.41, 5.74) is 0.680. The van der Waals surface area contributed by atoms with E-state index in [4.69, 9.17) is 16.3 Å². The molecule has 1 aromatic heterocycles. The van der Waals surface area contributed by atoms with Gasteiger partial charge in [-0.15, -0.1) is 0 Å². The van der Waals surface area contributed by atoms with Crippen molar-refractivity contribution >= 4 is 17.4 Å².